The second kappa shape index (κ2) is 1.77. The minimum Gasteiger partial charge on any atom is -0.199 e. The summed E-state index contributed by atoms with van der Waals surface area (Å²) in [6, 6.07) is 5.88. The Balaban J connectivity index is 2.96. The van der Waals surface area contributed by atoms with Gasteiger partial charge in [0.1, 0.15) is 6.21 Å². The van der Waals surface area contributed by atoms with E-state index in [9.17, 15) is 0 Å². The highest BCUT2D eigenvalue weighted by Gasteiger charge is 2.05. The summed E-state index contributed by atoms with van der Waals surface area (Å²) >= 11 is 0. The van der Waals surface area contributed by atoms with E-state index in [1.807, 2.05) is 34.9 Å². The zero-order valence-corrected chi connectivity index (χ0v) is 5.49. The van der Waals surface area contributed by atoms with Crippen molar-refractivity contribution < 1.29 is 4.24 Å². The van der Waals surface area contributed by atoms with E-state index in [-0.39, 0.29) is 0 Å². The monoisotopic (exact) mass is 131 g/mol. The molecule has 10 heavy (non-hydrogen) atoms. The van der Waals surface area contributed by atoms with Crippen LogP contribution in [0.3, 0.4) is 0 Å². The molecule has 0 unspecified atom stereocenters. The van der Waals surface area contributed by atoms with Gasteiger partial charge in [0.05, 0.1) is 6.20 Å². The summed E-state index contributed by atoms with van der Waals surface area (Å²) in [6.45, 7) is 3.73. The molecule has 0 N–H and O–H groups in total. The summed E-state index contributed by atoms with van der Waals surface area (Å²) in [6.07, 6.45) is 3.85. The van der Waals surface area contributed by atoms with Crippen molar-refractivity contribution >= 4 is 0 Å². The lowest BCUT2D eigenvalue weighted by molar-refractivity contribution is -0.521. The first kappa shape index (κ1) is 5.35. The van der Waals surface area contributed by atoms with Crippen molar-refractivity contribution in [1.29, 1.82) is 0 Å². The highest BCUT2D eigenvalue weighted by Crippen LogP contribution is 1.89. The average molecular weight is 131 g/mol. The van der Waals surface area contributed by atoms with Crippen LogP contribution in [-0.2, 0) is 0 Å². The number of allylic oxidation sites excluding steroid dienone is 1. The number of hydrogen-bond acceptors (Lipinski definition) is 1. The summed E-state index contributed by atoms with van der Waals surface area (Å²) in [4.78, 5) is 4.16. The van der Waals surface area contributed by atoms with Crippen LogP contribution in [0.5, 0.6) is 0 Å². The van der Waals surface area contributed by atoms with Gasteiger partial charge in [0.2, 0.25) is 5.70 Å². The van der Waals surface area contributed by atoms with Gasteiger partial charge in [0, 0.05) is 6.07 Å². The third-order valence-electron chi connectivity index (χ3n) is 1.41. The molecule has 1 aliphatic heterocycles. The molecule has 2 nitrogen and oxygen atoms in total. The van der Waals surface area contributed by atoms with Crippen LogP contribution in [0.4, 0.5) is 0 Å². The Kier molecular flexibility index (Phi) is 0.947. The first-order chi connectivity index (χ1) is 4.86. The highest BCUT2D eigenvalue weighted by molar-refractivity contribution is 5.01. The van der Waals surface area contributed by atoms with E-state index in [1.54, 1.807) is 0 Å². The van der Waals surface area contributed by atoms with E-state index in [2.05, 4.69) is 11.6 Å². The number of rotatable bonds is 0. The summed E-state index contributed by atoms with van der Waals surface area (Å²) in [5, 5.41) is 0. The number of pyridine rings is 1. The Hall–Kier alpha value is -1.44. The first-order valence-electron chi connectivity index (χ1n) is 3.12. The van der Waals surface area contributed by atoms with E-state index in [1.165, 1.54) is 0 Å². The minimum atomic E-state index is 0.811. The van der Waals surface area contributed by atoms with Crippen molar-refractivity contribution in [2.75, 3.05) is 0 Å². The molecular weight excluding hydrogens is 124 g/mol. The van der Waals surface area contributed by atoms with Crippen molar-refractivity contribution in [1.82, 2.24) is 0 Å². The third kappa shape index (κ3) is 0.658. The van der Waals surface area contributed by atoms with E-state index in [4.69, 9.17) is 0 Å². The molecule has 0 aliphatic carbocycles. The molecule has 0 bridgehead atoms. The number of nitrogens with zero attached hydrogens (tertiary/aromatic N) is 2. The van der Waals surface area contributed by atoms with Crippen molar-refractivity contribution in [3.8, 4) is 0 Å². The van der Waals surface area contributed by atoms with E-state index in [0.717, 1.165) is 11.2 Å². The van der Waals surface area contributed by atoms with Crippen LogP contribution in [0, 0.1) is 6.21 Å². The van der Waals surface area contributed by atoms with Crippen molar-refractivity contribution in [2.45, 2.75) is 0 Å². The molecule has 1 aliphatic rings. The molecule has 0 spiro atoms. The fourth-order valence-corrected chi connectivity index (χ4v) is 0.987. The van der Waals surface area contributed by atoms with Gasteiger partial charge in [-0.2, -0.15) is 4.24 Å². The zero-order valence-electron chi connectivity index (χ0n) is 5.49. The van der Waals surface area contributed by atoms with Crippen molar-refractivity contribution in [3.05, 3.63) is 48.4 Å². The van der Waals surface area contributed by atoms with Crippen LogP contribution < -0.4 is 9.73 Å². The minimum absolute atomic E-state index is 0.811. The Labute approximate surface area is 58.5 Å². The van der Waals surface area contributed by atoms with Crippen molar-refractivity contribution in [2.24, 2.45) is 4.99 Å². The normalized spacial score (nSPS) is 13.8. The third-order valence-corrected chi connectivity index (χ3v) is 1.41. The fraction of sp³-hybridized carbons (Fsp3) is 0. The first-order valence-corrected chi connectivity index (χ1v) is 3.12. The molecule has 0 saturated carbocycles. The molecule has 0 radical (unpaired) electrons. The second-order valence-electron chi connectivity index (χ2n) is 2.20. The molecule has 0 atom stereocenters. The van der Waals surface area contributed by atoms with Gasteiger partial charge < -0.3 is 0 Å². The second-order valence-corrected chi connectivity index (χ2v) is 2.20. The summed E-state index contributed by atoms with van der Waals surface area (Å²) in [5.74, 6) is 0. The molecule has 0 amide bonds. The maximum atomic E-state index is 4.16. The maximum absolute atomic E-state index is 4.16. The van der Waals surface area contributed by atoms with Crippen LogP contribution in [0.25, 0.3) is 0 Å². The highest BCUT2D eigenvalue weighted by atomic mass is 15.0. The van der Waals surface area contributed by atoms with Gasteiger partial charge >= 0.3 is 5.49 Å². The molecule has 1 aromatic rings. The Bertz CT molecular complexity index is 353. The van der Waals surface area contributed by atoms with E-state index < -0.39 is 0 Å². The molecule has 1 aromatic heterocycles. The topological polar surface area (TPSA) is 18.3 Å². The van der Waals surface area contributed by atoms with Gasteiger partial charge in [-0.25, -0.2) is 0 Å². The lowest BCUT2D eigenvalue weighted by Crippen LogP contribution is -2.32. The molecule has 0 fully saturated rings. The predicted octanol–water partition coefficient (Wildman–Crippen LogP) is 0.131. The predicted molar refractivity (Wildman–Crippen MR) is 36.6 cm³/mol. The van der Waals surface area contributed by atoms with Gasteiger partial charge in [0.15, 0.2) is 0 Å². The van der Waals surface area contributed by atoms with Crippen LogP contribution in [0.15, 0.2) is 41.7 Å². The van der Waals surface area contributed by atoms with Crippen LogP contribution in [-0.4, -0.2) is 0 Å². The van der Waals surface area contributed by atoms with Gasteiger partial charge in [0.25, 0.3) is 0 Å². The van der Waals surface area contributed by atoms with Crippen LogP contribution >= 0.6 is 0 Å². The summed E-state index contributed by atoms with van der Waals surface area (Å²) in [7, 11) is 0. The van der Waals surface area contributed by atoms with Crippen LogP contribution in [0.2, 0.25) is 0 Å². The summed E-state index contributed by atoms with van der Waals surface area (Å²) in [5.41, 5.74) is 1.76. The molecule has 2 heteroatoms. The Morgan fingerprint density at radius 2 is 2.30 bits per heavy atom. The number of hydrogen-bond donors (Lipinski definition) is 0. The lowest BCUT2D eigenvalue weighted by Gasteiger charge is -1.72. The van der Waals surface area contributed by atoms with Gasteiger partial charge in [-0.1, -0.05) is 6.07 Å². The molecule has 2 rings (SSSR count). The van der Waals surface area contributed by atoms with Gasteiger partial charge in [-0.3, -0.25) is 0 Å². The SMILES string of the molecule is C=C1C=[n+]2ccccc2=N1. The molecular formula is C8H7N2+. The zero-order chi connectivity index (χ0) is 6.97. The summed E-state index contributed by atoms with van der Waals surface area (Å²) < 4.78 is 1.95. The van der Waals surface area contributed by atoms with E-state index >= 15 is 0 Å². The van der Waals surface area contributed by atoms with Gasteiger partial charge in [-0.15, -0.1) is 0 Å². The standard InChI is InChI=1S/C8H7N2/c1-7-6-10-5-3-2-4-8(10)9-7/h2-6H,1H2/q+1. The lowest BCUT2D eigenvalue weighted by atomic mass is 10.5. The van der Waals surface area contributed by atoms with Gasteiger partial charge in [-0.05, 0) is 17.6 Å². The fourth-order valence-electron chi connectivity index (χ4n) is 0.987. The molecule has 48 valence electrons. The smallest absolute Gasteiger partial charge is 0.199 e. The number of aromatic nitrogens is 1. The molecule has 0 aromatic carbocycles. The molecule has 2 heterocycles. The van der Waals surface area contributed by atoms with Crippen molar-refractivity contribution in [3.63, 3.8) is 0 Å². The largest absolute Gasteiger partial charge is 0.328 e. The maximum Gasteiger partial charge on any atom is 0.328 e. The number of fused-ring (bicyclic) bond motifs is 1. The Morgan fingerprint density at radius 3 is 3.10 bits per heavy atom. The Morgan fingerprint density at radius 1 is 1.40 bits per heavy atom. The average Bonchev–Trinajstić information content (AvgIpc) is 2.27. The van der Waals surface area contributed by atoms with Crippen LogP contribution in [0.1, 0.15) is 0 Å². The van der Waals surface area contributed by atoms with E-state index in [0.29, 0.717) is 0 Å². The molecule has 0 saturated heterocycles. The quantitative estimate of drug-likeness (QED) is 0.446.